The third-order valence-electron chi connectivity index (χ3n) is 5.07. The van der Waals surface area contributed by atoms with Gasteiger partial charge in [0.1, 0.15) is 0 Å². The lowest BCUT2D eigenvalue weighted by Gasteiger charge is -2.31. The van der Waals surface area contributed by atoms with Crippen molar-refractivity contribution in [2.75, 3.05) is 13.1 Å². The Morgan fingerprint density at radius 2 is 1.93 bits per heavy atom. The summed E-state index contributed by atoms with van der Waals surface area (Å²) in [5, 5.41) is 4.11. The molecule has 5 nitrogen and oxygen atoms in total. The highest BCUT2D eigenvalue weighted by Gasteiger charge is 2.25. The molecule has 2 aromatic carbocycles. The largest absolute Gasteiger partial charge is 0.338 e. The summed E-state index contributed by atoms with van der Waals surface area (Å²) in [5.74, 6) is 1.47. The zero-order valence-corrected chi connectivity index (χ0v) is 15.7. The number of piperidine rings is 1. The SMILES string of the molecule is Cc1ccc(-c2noc(-c3ccccc3C(=O)N3CCCC(C)C3)n2)cc1. The van der Waals surface area contributed by atoms with Gasteiger partial charge < -0.3 is 9.42 Å². The Bertz CT molecular complexity index is 946. The summed E-state index contributed by atoms with van der Waals surface area (Å²) in [4.78, 5) is 19.6. The zero-order chi connectivity index (χ0) is 18.8. The van der Waals surface area contributed by atoms with Crippen molar-refractivity contribution in [3.63, 3.8) is 0 Å². The van der Waals surface area contributed by atoms with Gasteiger partial charge in [0.05, 0.1) is 11.1 Å². The third-order valence-corrected chi connectivity index (χ3v) is 5.07. The molecule has 0 bridgehead atoms. The third kappa shape index (κ3) is 3.63. The van der Waals surface area contributed by atoms with Crippen molar-refractivity contribution in [3.05, 3.63) is 59.7 Å². The normalized spacial score (nSPS) is 17.1. The first-order valence-corrected chi connectivity index (χ1v) is 9.41. The summed E-state index contributed by atoms with van der Waals surface area (Å²) in [6, 6.07) is 15.4. The highest BCUT2D eigenvalue weighted by atomic mass is 16.5. The standard InChI is InChI=1S/C22H23N3O2/c1-15-9-11-17(12-10-15)20-23-21(27-24-20)18-7-3-4-8-19(18)22(26)25-13-5-6-16(2)14-25/h3-4,7-12,16H,5-6,13-14H2,1-2H3. The van der Waals surface area contributed by atoms with E-state index in [9.17, 15) is 4.79 Å². The minimum Gasteiger partial charge on any atom is -0.338 e. The van der Waals surface area contributed by atoms with E-state index in [1.54, 1.807) is 0 Å². The second-order valence-corrected chi connectivity index (χ2v) is 7.33. The van der Waals surface area contributed by atoms with Gasteiger partial charge in [0.25, 0.3) is 11.8 Å². The summed E-state index contributed by atoms with van der Waals surface area (Å²) in [6.07, 6.45) is 2.22. The fourth-order valence-corrected chi connectivity index (χ4v) is 3.55. The molecule has 1 aromatic heterocycles. The average molecular weight is 361 g/mol. The molecule has 0 N–H and O–H groups in total. The van der Waals surface area contributed by atoms with E-state index >= 15 is 0 Å². The predicted molar refractivity (Wildman–Crippen MR) is 104 cm³/mol. The van der Waals surface area contributed by atoms with E-state index < -0.39 is 0 Å². The van der Waals surface area contributed by atoms with E-state index in [1.807, 2.05) is 60.4 Å². The Kier molecular flexibility index (Phi) is 4.75. The van der Waals surface area contributed by atoms with Gasteiger partial charge in [0.15, 0.2) is 0 Å². The van der Waals surface area contributed by atoms with Gasteiger partial charge in [-0.05, 0) is 37.8 Å². The highest BCUT2D eigenvalue weighted by molar-refractivity contribution is 6.00. The number of likely N-dealkylation sites (tertiary alicyclic amines) is 1. The van der Waals surface area contributed by atoms with Crippen LogP contribution in [-0.4, -0.2) is 34.0 Å². The van der Waals surface area contributed by atoms with Crippen LogP contribution >= 0.6 is 0 Å². The second kappa shape index (κ2) is 7.35. The van der Waals surface area contributed by atoms with Crippen LogP contribution in [0.1, 0.15) is 35.7 Å². The lowest BCUT2D eigenvalue weighted by atomic mass is 9.98. The maximum atomic E-state index is 13.1. The smallest absolute Gasteiger partial charge is 0.259 e. The molecule has 0 saturated carbocycles. The molecule has 2 heterocycles. The van der Waals surface area contributed by atoms with Crippen LogP contribution in [0.5, 0.6) is 0 Å². The van der Waals surface area contributed by atoms with E-state index in [1.165, 1.54) is 12.0 Å². The Morgan fingerprint density at radius 3 is 2.70 bits per heavy atom. The van der Waals surface area contributed by atoms with Crippen molar-refractivity contribution in [2.24, 2.45) is 5.92 Å². The Morgan fingerprint density at radius 1 is 1.15 bits per heavy atom. The van der Waals surface area contributed by atoms with Crippen LogP contribution in [0, 0.1) is 12.8 Å². The van der Waals surface area contributed by atoms with Crippen LogP contribution in [0.4, 0.5) is 0 Å². The topological polar surface area (TPSA) is 59.2 Å². The van der Waals surface area contributed by atoms with E-state index in [0.717, 1.165) is 25.1 Å². The van der Waals surface area contributed by atoms with Crippen molar-refractivity contribution in [1.29, 1.82) is 0 Å². The second-order valence-electron chi connectivity index (χ2n) is 7.33. The minimum atomic E-state index is 0.0345. The lowest BCUT2D eigenvalue weighted by Crippen LogP contribution is -2.39. The van der Waals surface area contributed by atoms with E-state index in [-0.39, 0.29) is 5.91 Å². The molecule has 1 aliphatic heterocycles. The number of hydrogen-bond donors (Lipinski definition) is 0. The summed E-state index contributed by atoms with van der Waals surface area (Å²) in [7, 11) is 0. The van der Waals surface area contributed by atoms with Crippen LogP contribution in [0.3, 0.4) is 0 Å². The zero-order valence-electron chi connectivity index (χ0n) is 15.7. The van der Waals surface area contributed by atoms with Crippen molar-refractivity contribution < 1.29 is 9.32 Å². The minimum absolute atomic E-state index is 0.0345. The molecule has 4 rings (SSSR count). The number of nitrogens with zero attached hydrogens (tertiary/aromatic N) is 3. The van der Waals surface area contributed by atoms with E-state index in [2.05, 4.69) is 17.1 Å². The number of carbonyl (C=O) groups excluding carboxylic acids is 1. The van der Waals surface area contributed by atoms with Gasteiger partial charge in [-0.1, -0.05) is 54.0 Å². The van der Waals surface area contributed by atoms with Gasteiger partial charge in [0, 0.05) is 18.7 Å². The first kappa shape index (κ1) is 17.5. The molecule has 1 unspecified atom stereocenters. The fourth-order valence-electron chi connectivity index (χ4n) is 3.55. The molecule has 1 amide bonds. The Labute approximate surface area is 159 Å². The summed E-state index contributed by atoms with van der Waals surface area (Å²) >= 11 is 0. The maximum Gasteiger partial charge on any atom is 0.259 e. The van der Waals surface area contributed by atoms with E-state index in [0.29, 0.717) is 28.8 Å². The molecule has 1 aliphatic rings. The van der Waals surface area contributed by atoms with Gasteiger partial charge >= 0.3 is 0 Å². The summed E-state index contributed by atoms with van der Waals surface area (Å²) in [6.45, 7) is 5.83. The predicted octanol–water partition coefficient (Wildman–Crippen LogP) is 4.58. The quantitative estimate of drug-likeness (QED) is 0.685. The number of aryl methyl sites for hydroxylation is 1. The first-order valence-electron chi connectivity index (χ1n) is 9.41. The molecule has 0 spiro atoms. The monoisotopic (exact) mass is 361 g/mol. The van der Waals surface area contributed by atoms with Gasteiger partial charge in [-0.15, -0.1) is 0 Å². The molecule has 1 saturated heterocycles. The molecular formula is C22H23N3O2. The molecule has 1 fully saturated rings. The Balaban J connectivity index is 1.65. The maximum absolute atomic E-state index is 13.1. The number of carbonyl (C=O) groups is 1. The number of hydrogen-bond acceptors (Lipinski definition) is 4. The molecule has 0 radical (unpaired) electrons. The number of benzene rings is 2. The first-order chi connectivity index (χ1) is 13.1. The van der Waals surface area contributed by atoms with Crippen molar-refractivity contribution in [3.8, 4) is 22.8 Å². The highest BCUT2D eigenvalue weighted by Crippen LogP contribution is 2.27. The van der Waals surface area contributed by atoms with Crippen LogP contribution in [0.2, 0.25) is 0 Å². The van der Waals surface area contributed by atoms with Crippen LogP contribution in [0.15, 0.2) is 53.1 Å². The molecule has 0 aliphatic carbocycles. The molecule has 5 heteroatoms. The van der Waals surface area contributed by atoms with Gasteiger partial charge in [-0.3, -0.25) is 4.79 Å². The van der Waals surface area contributed by atoms with Gasteiger partial charge in [0.2, 0.25) is 5.82 Å². The molecular weight excluding hydrogens is 338 g/mol. The Hall–Kier alpha value is -2.95. The van der Waals surface area contributed by atoms with Gasteiger partial charge in [-0.25, -0.2) is 0 Å². The number of rotatable bonds is 3. The lowest BCUT2D eigenvalue weighted by molar-refractivity contribution is 0.0683. The molecule has 138 valence electrons. The van der Waals surface area contributed by atoms with E-state index in [4.69, 9.17) is 4.52 Å². The molecule has 3 aromatic rings. The average Bonchev–Trinajstić information content (AvgIpc) is 3.18. The van der Waals surface area contributed by atoms with Gasteiger partial charge in [-0.2, -0.15) is 4.98 Å². The summed E-state index contributed by atoms with van der Waals surface area (Å²) < 4.78 is 5.50. The summed E-state index contributed by atoms with van der Waals surface area (Å²) in [5.41, 5.74) is 3.37. The molecule has 27 heavy (non-hydrogen) atoms. The van der Waals surface area contributed by atoms with Crippen molar-refractivity contribution in [1.82, 2.24) is 15.0 Å². The molecule has 1 atom stereocenters. The number of amides is 1. The number of aromatic nitrogens is 2. The fraction of sp³-hybridized carbons (Fsp3) is 0.318. The van der Waals surface area contributed by atoms with Crippen LogP contribution in [0.25, 0.3) is 22.8 Å². The van der Waals surface area contributed by atoms with Crippen molar-refractivity contribution in [2.45, 2.75) is 26.7 Å². The van der Waals surface area contributed by atoms with Crippen LogP contribution in [-0.2, 0) is 0 Å². The van der Waals surface area contributed by atoms with Crippen LogP contribution < -0.4 is 0 Å². The van der Waals surface area contributed by atoms with Crippen molar-refractivity contribution >= 4 is 5.91 Å².